The quantitative estimate of drug-likeness (QED) is 0.480. The highest BCUT2D eigenvalue weighted by Gasteiger charge is 2.16. The van der Waals surface area contributed by atoms with Crippen molar-refractivity contribution in [3.8, 4) is 0 Å². The molecule has 0 saturated carbocycles. The Morgan fingerprint density at radius 1 is 1.00 bits per heavy atom. The van der Waals surface area contributed by atoms with Crippen molar-refractivity contribution in [1.82, 2.24) is 0 Å². The highest BCUT2D eigenvalue weighted by Crippen LogP contribution is 2.22. The highest BCUT2D eigenvalue weighted by molar-refractivity contribution is 5.76. The van der Waals surface area contributed by atoms with Gasteiger partial charge >= 0.3 is 0 Å². The molecule has 0 bridgehead atoms. The number of nitro groups is 1. The van der Waals surface area contributed by atoms with Gasteiger partial charge in [0, 0.05) is 6.08 Å². The van der Waals surface area contributed by atoms with Crippen LogP contribution in [0, 0.1) is 21.7 Å². The molecule has 2 aromatic rings. The zero-order valence-electron chi connectivity index (χ0n) is 9.72. The van der Waals surface area contributed by atoms with Crippen LogP contribution in [0.15, 0.2) is 48.5 Å². The van der Waals surface area contributed by atoms with Crippen molar-refractivity contribution in [1.29, 1.82) is 0 Å². The molecule has 3 nitrogen and oxygen atoms in total. The van der Waals surface area contributed by atoms with E-state index < -0.39 is 22.1 Å². The number of rotatable bonds is 3. The Kier molecular flexibility index (Phi) is 3.66. The van der Waals surface area contributed by atoms with Gasteiger partial charge in [0.25, 0.3) is 5.70 Å². The number of hydrogen-bond donors (Lipinski definition) is 0. The van der Waals surface area contributed by atoms with Gasteiger partial charge in [0.05, 0.1) is 16.1 Å². The van der Waals surface area contributed by atoms with Crippen molar-refractivity contribution in [2.45, 2.75) is 0 Å². The summed E-state index contributed by atoms with van der Waals surface area (Å²) in [5, 5.41) is 11.0. The molecule has 96 valence electrons. The van der Waals surface area contributed by atoms with Crippen LogP contribution in [-0.2, 0) is 0 Å². The standard InChI is InChI=1S/C14H9F2NO2/c15-12-7-4-8-13(16)11(12)9-14(17(18)19)10-5-2-1-3-6-10/h1-9H/b14-9+. The largest absolute Gasteiger partial charge is 0.277 e. The topological polar surface area (TPSA) is 43.1 Å². The summed E-state index contributed by atoms with van der Waals surface area (Å²) in [5.41, 5.74) is -0.488. The Hall–Kier alpha value is -2.56. The van der Waals surface area contributed by atoms with Crippen LogP contribution in [-0.4, -0.2) is 4.92 Å². The molecule has 0 aliphatic heterocycles. The molecular formula is C14H9F2NO2. The first-order chi connectivity index (χ1) is 9.09. The number of halogens is 2. The smallest absolute Gasteiger partial charge is 0.258 e. The van der Waals surface area contributed by atoms with Gasteiger partial charge in [-0.2, -0.15) is 0 Å². The van der Waals surface area contributed by atoms with Crippen molar-refractivity contribution in [3.05, 3.63) is 81.4 Å². The predicted molar refractivity (Wildman–Crippen MR) is 67.7 cm³/mol. The van der Waals surface area contributed by atoms with Gasteiger partial charge in [-0.15, -0.1) is 0 Å². The van der Waals surface area contributed by atoms with Gasteiger partial charge in [-0.3, -0.25) is 10.1 Å². The summed E-state index contributed by atoms with van der Waals surface area (Å²) in [6.45, 7) is 0. The fraction of sp³-hybridized carbons (Fsp3) is 0. The minimum Gasteiger partial charge on any atom is -0.258 e. The first kappa shape index (κ1) is 12.9. The van der Waals surface area contributed by atoms with Crippen LogP contribution in [0.5, 0.6) is 0 Å². The normalized spacial score (nSPS) is 11.4. The third kappa shape index (κ3) is 2.82. The fourth-order valence-corrected chi connectivity index (χ4v) is 1.64. The van der Waals surface area contributed by atoms with Crippen molar-refractivity contribution >= 4 is 11.8 Å². The van der Waals surface area contributed by atoms with Gasteiger partial charge in [-0.25, -0.2) is 8.78 Å². The molecule has 0 spiro atoms. The molecule has 0 N–H and O–H groups in total. The molecule has 0 fully saturated rings. The van der Waals surface area contributed by atoms with E-state index in [1.807, 2.05) is 0 Å². The Bertz CT molecular complexity index is 619. The minimum absolute atomic E-state index is 0.287. The van der Waals surface area contributed by atoms with E-state index >= 15 is 0 Å². The molecule has 0 amide bonds. The summed E-state index contributed by atoms with van der Waals surface area (Å²) >= 11 is 0. The van der Waals surface area contributed by atoms with E-state index in [1.165, 1.54) is 18.2 Å². The molecule has 0 saturated heterocycles. The second-order valence-corrected chi connectivity index (χ2v) is 3.79. The molecule has 0 atom stereocenters. The van der Waals surface area contributed by atoms with Crippen LogP contribution in [0.2, 0.25) is 0 Å². The van der Waals surface area contributed by atoms with Gasteiger partial charge in [0.15, 0.2) is 0 Å². The number of nitrogens with zero attached hydrogens (tertiary/aromatic N) is 1. The van der Waals surface area contributed by atoms with Crippen molar-refractivity contribution in [2.75, 3.05) is 0 Å². The second kappa shape index (κ2) is 5.39. The summed E-state index contributed by atoms with van der Waals surface area (Å²) in [7, 11) is 0. The predicted octanol–water partition coefficient (Wildman–Crippen LogP) is 3.74. The average molecular weight is 261 g/mol. The zero-order valence-corrected chi connectivity index (χ0v) is 9.72. The van der Waals surface area contributed by atoms with Crippen LogP contribution in [0.4, 0.5) is 8.78 Å². The van der Waals surface area contributed by atoms with E-state index in [9.17, 15) is 18.9 Å². The molecule has 0 aromatic heterocycles. The Morgan fingerprint density at radius 3 is 2.11 bits per heavy atom. The summed E-state index contributed by atoms with van der Waals surface area (Å²) in [5.74, 6) is -1.68. The molecule has 0 unspecified atom stereocenters. The molecule has 0 heterocycles. The zero-order chi connectivity index (χ0) is 13.8. The monoisotopic (exact) mass is 261 g/mol. The van der Waals surface area contributed by atoms with E-state index in [4.69, 9.17) is 0 Å². The van der Waals surface area contributed by atoms with Gasteiger partial charge in [-0.05, 0) is 24.3 Å². The van der Waals surface area contributed by atoms with Gasteiger partial charge < -0.3 is 0 Å². The molecule has 0 aliphatic rings. The van der Waals surface area contributed by atoms with Gasteiger partial charge in [0.2, 0.25) is 0 Å². The van der Waals surface area contributed by atoms with Crippen molar-refractivity contribution in [3.63, 3.8) is 0 Å². The third-order valence-electron chi connectivity index (χ3n) is 2.55. The lowest BCUT2D eigenvalue weighted by molar-refractivity contribution is -0.374. The Morgan fingerprint density at radius 2 is 1.58 bits per heavy atom. The summed E-state index contributed by atoms with van der Waals surface area (Å²) < 4.78 is 27.0. The molecule has 2 aromatic carbocycles. The molecule has 0 aliphatic carbocycles. The maximum Gasteiger partial charge on any atom is 0.277 e. The van der Waals surface area contributed by atoms with E-state index in [1.54, 1.807) is 18.2 Å². The average Bonchev–Trinajstić information content (AvgIpc) is 2.39. The minimum atomic E-state index is -0.838. The Balaban J connectivity index is 2.57. The van der Waals surface area contributed by atoms with Gasteiger partial charge in [-0.1, -0.05) is 24.3 Å². The second-order valence-electron chi connectivity index (χ2n) is 3.79. The maximum atomic E-state index is 13.5. The van der Waals surface area contributed by atoms with Crippen LogP contribution in [0.25, 0.3) is 11.8 Å². The molecule has 0 radical (unpaired) electrons. The Labute approximate surface area is 108 Å². The molecule has 2 rings (SSSR count). The molecule has 19 heavy (non-hydrogen) atoms. The molecular weight excluding hydrogens is 252 g/mol. The van der Waals surface area contributed by atoms with Crippen molar-refractivity contribution in [2.24, 2.45) is 0 Å². The number of hydrogen-bond acceptors (Lipinski definition) is 2. The lowest BCUT2D eigenvalue weighted by Crippen LogP contribution is -1.99. The van der Waals surface area contributed by atoms with Crippen LogP contribution in [0.1, 0.15) is 11.1 Å². The lowest BCUT2D eigenvalue weighted by atomic mass is 10.1. The van der Waals surface area contributed by atoms with Crippen LogP contribution in [0.3, 0.4) is 0 Å². The third-order valence-corrected chi connectivity index (χ3v) is 2.55. The van der Waals surface area contributed by atoms with E-state index in [-0.39, 0.29) is 11.3 Å². The van der Waals surface area contributed by atoms with Crippen LogP contribution >= 0.6 is 0 Å². The fourth-order valence-electron chi connectivity index (χ4n) is 1.64. The van der Waals surface area contributed by atoms with E-state index in [2.05, 4.69) is 0 Å². The molecule has 5 heteroatoms. The maximum absolute atomic E-state index is 13.5. The van der Waals surface area contributed by atoms with E-state index in [0.29, 0.717) is 0 Å². The van der Waals surface area contributed by atoms with Crippen LogP contribution < -0.4 is 0 Å². The highest BCUT2D eigenvalue weighted by atomic mass is 19.1. The van der Waals surface area contributed by atoms with E-state index in [0.717, 1.165) is 18.2 Å². The first-order valence-electron chi connectivity index (χ1n) is 5.45. The van der Waals surface area contributed by atoms with Crippen molar-refractivity contribution < 1.29 is 13.7 Å². The summed E-state index contributed by atoms with van der Waals surface area (Å²) in [6.07, 6.45) is 0.903. The number of benzene rings is 2. The first-order valence-corrected chi connectivity index (χ1v) is 5.45. The lowest BCUT2D eigenvalue weighted by Gasteiger charge is -2.01. The SMILES string of the molecule is O=[N+]([O-])/C(=C/c1c(F)cccc1F)c1ccccc1. The summed E-state index contributed by atoms with van der Waals surface area (Å²) in [4.78, 5) is 10.4. The van der Waals surface area contributed by atoms with Gasteiger partial charge in [0.1, 0.15) is 11.6 Å². The summed E-state index contributed by atoms with van der Waals surface area (Å²) in [6, 6.07) is 11.3.